The number of nitrogens with one attached hydrogen (secondary N) is 2. The van der Waals surface area contributed by atoms with E-state index < -0.39 is 6.36 Å². The van der Waals surface area contributed by atoms with Crippen molar-refractivity contribution in [3.05, 3.63) is 41.7 Å². The fraction of sp³-hybridized carbons (Fsp3) is 0.368. The van der Waals surface area contributed by atoms with E-state index in [-0.39, 0.29) is 10.9 Å². The van der Waals surface area contributed by atoms with Crippen LogP contribution in [-0.2, 0) is 4.74 Å². The zero-order chi connectivity index (χ0) is 22.4. The smallest absolute Gasteiger partial charge is 0.406 e. The van der Waals surface area contributed by atoms with Gasteiger partial charge in [0.25, 0.3) is 0 Å². The number of thiocarbonyl (C=S) groups is 1. The molecular formula is C19H21F3N6O2S. The third kappa shape index (κ3) is 7.33. The summed E-state index contributed by atoms with van der Waals surface area (Å²) in [4.78, 5) is 15.1. The lowest BCUT2D eigenvalue weighted by Gasteiger charge is -2.29. The number of ether oxygens (including phenoxy) is 2. The second-order valence-electron chi connectivity index (χ2n) is 6.64. The van der Waals surface area contributed by atoms with Crippen LogP contribution < -0.4 is 15.4 Å². The van der Waals surface area contributed by atoms with Gasteiger partial charge in [-0.25, -0.2) is 9.97 Å². The highest BCUT2D eigenvalue weighted by Gasteiger charge is 2.31. The normalized spacial score (nSPS) is 14.9. The zero-order valence-corrected chi connectivity index (χ0v) is 17.7. The quantitative estimate of drug-likeness (QED) is 0.414. The van der Waals surface area contributed by atoms with Gasteiger partial charge in [0.1, 0.15) is 5.75 Å². The molecule has 0 bridgehead atoms. The molecule has 0 spiro atoms. The molecule has 0 radical (unpaired) electrons. The summed E-state index contributed by atoms with van der Waals surface area (Å²) in [5.41, 5.74) is 1.89. The zero-order valence-electron chi connectivity index (χ0n) is 16.9. The fourth-order valence-corrected chi connectivity index (χ4v) is 3.06. The van der Waals surface area contributed by atoms with Gasteiger partial charge in [0.15, 0.2) is 0 Å². The van der Waals surface area contributed by atoms with Crippen LogP contribution in [-0.4, -0.2) is 58.6 Å². The number of hydrogen-bond acceptors (Lipinski definition) is 5. The van der Waals surface area contributed by atoms with Crippen LogP contribution in [0.1, 0.15) is 11.4 Å². The maximum Gasteiger partial charge on any atom is 0.573 e. The first-order chi connectivity index (χ1) is 14.7. The summed E-state index contributed by atoms with van der Waals surface area (Å²) in [5.74, 6) is 0.416. The second kappa shape index (κ2) is 9.88. The average molecular weight is 454 g/mol. The number of hydrogen-bond donors (Lipinski definition) is 2. The summed E-state index contributed by atoms with van der Waals surface area (Å²) in [6.45, 7) is 5.90. The maximum atomic E-state index is 12.5. The van der Waals surface area contributed by atoms with Gasteiger partial charge in [-0.3, -0.25) is 5.32 Å². The number of nitrogens with zero attached hydrogens (tertiary/aromatic N) is 4. The predicted octanol–water partition coefficient (Wildman–Crippen LogP) is 3.49. The lowest BCUT2D eigenvalue weighted by atomic mass is 10.3. The lowest BCUT2D eigenvalue weighted by molar-refractivity contribution is -0.274. The van der Waals surface area contributed by atoms with Gasteiger partial charge in [-0.05, 0) is 44.3 Å². The Labute approximate surface area is 182 Å². The number of guanidine groups is 1. The molecule has 0 saturated carbocycles. The summed E-state index contributed by atoms with van der Waals surface area (Å²) < 4.78 is 46.7. The Bertz CT molecular complexity index is 944. The van der Waals surface area contributed by atoms with Crippen molar-refractivity contribution >= 4 is 34.9 Å². The second-order valence-corrected chi connectivity index (χ2v) is 7.03. The van der Waals surface area contributed by atoms with Crippen molar-refractivity contribution in [2.24, 2.45) is 4.99 Å². The van der Waals surface area contributed by atoms with Crippen LogP contribution in [0.4, 0.5) is 24.8 Å². The highest BCUT2D eigenvalue weighted by Crippen LogP contribution is 2.25. The molecule has 31 heavy (non-hydrogen) atoms. The molecule has 2 aromatic rings. The first-order valence-electron chi connectivity index (χ1n) is 9.35. The molecule has 1 aliphatic heterocycles. The molecule has 1 aliphatic rings. The Hall–Kier alpha value is -2.99. The van der Waals surface area contributed by atoms with Crippen LogP contribution in [0.25, 0.3) is 0 Å². The number of aryl methyl sites for hydroxylation is 2. The van der Waals surface area contributed by atoms with Gasteiger partial charge >= 0.3 is 6.36 Å². The van der Waals surface area contributed by atoms with Crippen LogP contribution in [0.3, 0.4) is 0 Å². The number of morpholine rings is 1. The first-order valence-corrected chi connectivity index (χ1v) is 9.76. The van der Waals surface area contributed by atoms with Gasteiger partial charge in [-0.2, -0.15) is 4.99 Å². The molecule has 0 atom stereocenters. The van der Waals surface area contributed by atoms with E-state index in [1.54, 1.807) is 6.07 Å². The third-order valence-corrected chi connectivity index (χ3v) is 4.24. The summed E-state index contributed by atoms with van der Waals surface area (Å²) in [6.07, 6.45) is -4.78. The lowest BCUT2D eigenvalue weighted by Crippen LogP contribution is -2.45. The minimum Gasteiger partial charge on any atom is -0.406 e. The van der Waals surface area contributed by atoms with E-state index >= 15 is 0 Å². The van der Waals surface area contributed by atoms with E-state index in [9.17, 15) is 13.2 Å². The maximum absolute atomic E-state index is 12.5. The summed E-state index contributed by atoms with van der Waals surface area (Å²) >= 11 is 5.30. The van der Waals surface area contributed by atoms with Crippen LogP contribution >= 0.6 is 12.2 Å². The van der Waals surface area contributed by atoms with Crippen LogP contribution in [0, 0.1) is 13.8 Å². The Morgan fingerprint density at radius 3 is 2.45 bits per heavy atom. The average Bonchev–Trinajstić information content (AvgIpc) is 2.66. The van der Waals surface area contributed by atoms with Crippen LogP contribution in [0.15, 0.2) is 35.3 Å². The molecule has 0 amide bonds. The molecule has 0 unspecified atom stereocenters. The van der Waals surface area contributed by atoms with Gasteiger partial charge in [-0.15, -0.1) is 13.2 Å². The van der Waals surface area contributed by atoms with Crippen molar-refractivity contribution in [3.63, 3.8) is 0 Å². The molecule has 1 aromatic carbocycles. The Balaban J connectivity index is 1.79. The molecule has 8 nitrogen and oxygen atoms in total. The standard InChI is InChI=1S/C19H21F3N6O2S/c1-12-10-13(2)24-16(23-12)26-17(28-6-8-29-9-7-28)27-18(31)25-14-4-3-5-15(11-14)30-19(20,21)22/h3-5,10-11H,6-9H2,1-2H3,(H2,23,24,25,26,27,31). The van der Waals surface area contributed by atoms with Crippen LogP contribution in [0.5, 0.6) is 5.75 Å². The minimum absolute atomic E-state index is 0.0440. The van der Waals surface area contributed by atoms with Gasteiger partial charge in [-0.1, -0.05) is 6.07 Å². The molecule has 0 aliphatic carbocycles. The van der Waals surface area contributed by atoms with Crippen molar-refractivity contribution < 1.29 is 22.6 Å². The van der Waals surface area contributed by atoms with Crippen molar-refractivity contribution in [2.45, 2.75) is 20.2 Å². The largest absolute Gasteiger partial charge is 0.573 e. The number of alkyl halides is 3. The van der Waals surface area contributed by atoms with Crippen molar-refractivity contribution in [2.75, 3.05) is 36.9 Å². The number of aromatic nitrogens is 2. The van der Waals surface area contributed by atoms with Crippen molar-refractivity contribution in [1.82, 2.24) is 14.9 Å². The molecule has 1 aromatic heterocycles. The fourth-order valence-electron chi connectivity index (χ4n) is 2.85. The van der Waals surface area contributed by atoms with Crippen LogP contribution in [0.2, 0.25) is 0 Å². The van der Waals surface area contributed by atoms with Gasteiger partial charge in [0.2, 0.25) is 17.0 Å². The number of aliphatic imine (C=N–C) groups is 1. The molecule has 12 heteroatoms. The van der Waals surface area contributed by atoms with Gasteiger partial charge in [0.05, 0.1) is 13.2 Å². The number of halogens is 3. The minimum atomic E-state index is -4.78. The van der Waals surface area contributed by atoms with E-state index in [0.717, 1.165) is 11.4 Å². The SMILES string of the molecule is Cc1cc(C)nc(N/C(=N/C(=S)Nc2cccc(OC(F)(F)F)c2)N2CCOCC2)n1. The van der Waals surface area contributed by atoms with Crippen molar-refractivity contribution in [1.29, 1.82) is 0 Å². The highest BCUT2D eigenvalue weighted by molar-refractivity contribution is 7.80. The van der Waals surface area contributed by atoms with Gasteiger partial charge in [0, 0.05) is 36.2 Å². The number of anilines is 2. The topological polar surface area (TPSA) is 83.9 Å². The third-order valence-electron chi connectivity index (χ3n) is 4.04. The molecule has 2 N–H and O–H groups in total. The molecule has 3 rings (SSSR count). The van der Waals surface area contributed by atoms with Gasteiger partial charge < -0.3 is 19.7 Å². The Morgan fingerprint density at radius 2 is 1.81 bits per heavy atom. The van der Waals surface area contributed by atoms with E-state index in [0.29, 0.717) is 43.9 Å². The Morgan fingerprint density at radius 1 is 1.13 bits per heavy atom. The monoisotopic (exact) mass is 454 g/mol. The summed E-state index contributed by atoms with van der Waals surface area (Å²) in [6, 6.07) is 7.20. The number of benzene rings is 1. The molecule has 166 valence electrons. The van der Waals surface area contributed by atoms with E-state index in [1.165, 1.54) is 18.2 Å². The molecule has 1 saturated heterocycles. The molecular weight excluding hydrogens is 433 g/mol. The molecule has 2 heterocycles. The summed E-state index contributed by atoms with van der Waals surface area (Å²) in [5, 5.41) is 5.93. The van der Waals surface area contributed by atoms with E-state index in [2.05, 4.69) is 30.3 Å². The van der Waals surface area contributed by atoms with E-state index in [1.807, 2.05) is 24.8 Å². The van der Waals surface area contributed by atoms with E-state index in [4.69, 9.17) is 17.0 Å². The number of rotatable bonds is 3. The summed E-state index contributed by atoms with van der Waals surface area (Å²) in [7, 11) is 0. The van der Waals surface area contributed by atoms with Crippen molar-refractivity contribution in [3.8, 4) is 5.75 Å². The molecule has 1 fully saturated rings. The first kappa shape index (κ1) is 22.7. The Kier molecular flexibility index (Phi) is 7.23. The highest BCUT2D eigenvalue weighted by atomic mass is 32.1. The predicted molar refractivity (Wildman–Crippen MR) is 114 cm³/mol.